The van der Waals surface area contributed by atoms with Gasteiger partial charge in [0.2, 0.25) is 0 Å². The first-order valence-electron chi connectivity index (χ1n) is 4.82. The molecule has 0 unspecified atom stereocenters. The lowest BCUT2D eigenvalue weighted by Crippen LogP contribution is -2.17. The van der Waals surface area contributed by atoms with Crippen molar-refractivity contribution in [2.45, 2.75) is 6.18 Å². The number of allylic oxidation sites excluding steroid dienone is 3. The Bertz CT molecular complexity index is 577. The first-order valence-corrected chi connectivity index (χ1v) is 5.20. The molecule has 0 aromatic heterocycles. The van der Waals surface area contributed by atoms with E-state index in [2.05, 4.69) is 5.32 Å². The monoisotopic (exact) mass is 269 g/mol. The molecule has 1 aliphatic rings. The third-order valence-electron chi connectivity index (χ3n) is 2.35. The highest BCUT2D eigenvalue weighted by molar-refractivity contribution is 6.30. The molecule has 0 saturated carbocycles. The summed E-state index contributed by atoms with van der Waals surface area (Å²) in [6.07, 6.45) is -3.67. The fraction of sp³-hybridized carbons (Fsp3) is 0.0833. The second-order valence-corrected chi connectivity index (χ2v) is 3.95. The average Bonchev–Trinajstić information content (AvgIpc) is 2.73. The summed E-state index contributed by atoms with van der Waals surface area (Å²) in [6.45, 7) is 0. The van der Waals surface area contributed by atoms with E-state index in [1.54, 1.807) is 6.07 Å². The van der Waals surface area contributed by atoms with E-state index in [0.29, 0.717) is 5.02 Å². The predicted octanol–water partition coefficient (Wildman–Crippen LogP) is 3.64. The van der Waals surface area contributed by atoms with Gasteiger partial charge in [-0.15, -0.1) is 0 Å². The number of hydrogen-bond acceptors (Lipinski definition) is 1. The van der Waals surface area contributed by atoms with Crippen LogP contribution in [0.3, 0.4) is 0 Å². The molecule has 2 nitrogen and oxygen atoms in total. The third-order valence-corrected chi connectivity index (χ3v) is 2.60. The van der Waals surface area contributed by atoms with Crippen LogP contribution in [0.2, 0.25) is 5.02 Å². The van der Waals surface area contributed by atoms with Gasteiger partial charge in [0.05, 0.1) is 5.57 Å². The molecule has 1 aromatic rings. The van der Waals surface area contributed by atoms with Gasteiger partial charge < -0.3 is 0 Å². The molecular weight excluding hydrogens is 265 g/mol. The van der Waals surface area contributed by atoms with Crippen LogP contribution in [-0.2, 0) is 0 Å². The molecule has 0 fully saturated rings. The fourth-order valence-corrected chi connectivity index (χ4v) is 1.72. The van der Waals surface area contributed by atoms with Crippen molar-refractivity contribution in [2.75, 3.05) is 0 Å². The summed E-state index contributed by atoms with van der Waals surface area (Å²) in [5, 5.41) is 12.5. The van der Waals surface area contributed by atoms with Gasteiger partial charge in [-0.25, -0.2) is 5.32 Å². The highest BCUT2D eigenvalue weighted by Crippen LogP contribution is 2.38. The molecule has 0 bridgehead atoms. The van der Waals surface area contributed by atoms with Gasteiger partial charge in [-0.1, -0.05) is 23.7 Å². The normalized spacial score (nSPS) is 15.2. The molecule has 0 saturated heterocycles. The molecule has 6 heteroatoms. The number of benzene rings is 1. The molecule has 2 rings (SSSR count). The Hall–Kier alpha value is -1.93. The largest absolute Gasteiger partial charge is 0.434 e. The number of alkyl halides is 3. The molecule has 18 heavy (non-hydrogen) atoms. The zero-order chi connectivity index (χ0) is 13.3. The second-order valence-electron chi connectivity index (χ2n) is 3.51. The maximum Gasteiger partial charge on any atom is 0.434 e. The van der Waals surface area contributed by atoms with E-state index in [4.69, 9.17) is 16.9 Å². The third kappa shape index (κ3) is 2.20. The standard InChI is InChI=1S/C12H5ClF3N2/c13-9-3-1-7(2-4-9)10-8(5-17)6-18-11(10)12(14,15)16/h1-4,6H. The highest BCUT2D eigenvalue weighted by Gasteiger charge is 2.41. The van der Waals surface area contributed by atoms with E-state index in [-0.39, 0.29) is 16.7 Å². The summed E-state index contributed by atoms with van der Waals surface area (Å²) in [6, 6.07) is 7.48. The van der Waals surface area contributed by atoms with E-state index in [1.807, 2.05) is 0 Å². The molecule has 1 aromatic carbocycles. The van der Waals surface area contributed by atoms with Crippen LogP contribution in [0.4, 0.5) is 13.2 Å². The van der Waals surface area contributed by atoms with Crippen molar-refractivity contribution in [3.8, 4) is 6.07 Å². The Kier molecular flexibility index (Phi) is 3.05. The number of nitrogens with zero attached hydrogens (tertiary/aromatic N) is 2. The molecule has 0 amide bonds. The zero-order valence-electron chi connectivity index (χ0n) is 8.79. The smallest absolute Gasteiger partial charge is 0.250 e. The molecule has 0 aliphatic carbocycles. The molecule has 0 N–H and O–H groups in total. The molecular formula is C12H5ClF3N2. The summed E-state index contributed by atoms with van der Waals surface area (Å²) in [4.78, 5) is 0. The van der Waals surface area contributed by atoms with Crippen molar-refractivity contribution < 1.29 is 13.2 Å². The van der Waals surface area contributed by atoms with E-state index in [9.17, 15) is 13.2 Å². The number of hydrogen-bond donors (Lipinski definition) is 0. The summed E-state index contributed by atoms with van der Waals surface area (Å²) >= 11 is 5.67. The van der Waals surface area contributed by atoms with Crippen molar-refractivity contribution in [3.05, 3.63) is 52.3 Å². The van der Waals surface area contributed by atoms with Gasteiger partial charge in [-0.05, 0) is 17.7 Å². The van der Waals surface area contributed by atoms with Crippen LogP contribution in [0.15, 0.2) is 41.7 Å². The molecule has 91 valence electrons. The first kappa shape index (κ1) is 12.5. The first-order chi connectivity index (χ1) is 8.43. The maximum absolute atomic E-state index is 12.8. The predicted molar refractivity (Wildman–Crippen MR) is 60.3 cm³/mol. The van der Waals surface area contributed by atoms with Gasteiger partial charge in [0.25, 0.3) is 0 Å². The summed E-state index contributed by atoms with van der Waals surface area (Å²) < 4.78 is 38.3. The Morgan fingerprint density at radius 3 is 2.28 bits per heavy atom. The van der Waals surface area contributed by atoms with Crippen LogP contribution in [0.5, 0.6) is 0 Å². The topological polar surface area (TPSA) is 37.9 Å². The van der Waals surface area contributed by atoms with Gasteiger partial charge in [-0.3, -0.25) is 0 Å². The SMILES string of the molecule is N#CC1=C[N]C(C(F)(F)F)=C1c1ccc(Cl)cc1. The average molecular weight is 270 g/mol. The summed E-state index contributed by atoms with van der Waals surface area (Å²) in [5.74, 6) is 0. The quantitative estimate of drug-likeness (QED) is 0.767. The molecule has 0 atom stereocenters. The lowest BCUT2D eigenvalue weighted by atomic mass is 9.99. The van der Waals surface area contributed by atoms with Crippen molar-refractivity contribution in [1.82, 2.24) is 5.32 Å². The fourth-order valence-electron chi connectivity index (χ4n) is 1.59. The lowest BCUT2D eigenvalue weighted by Gasteiger charge is -2.10. The van der Waals surface area contributed by atoms with Crippen molar-refractivity contribution in [1.29, 1.82) is 5.26 Å². The van der Waals surface area contributed by atoms with E-state index in [1.165, 1.54) is 24.3 Å². The summed E-state index contributed by atoms with van der Waals surface area (Å²) in [5.41, 5.74) is -1.10. The van der Waals surface area contributed by atoms with Gasteiger partial charge in [-0.2, -0.15) is 18.4 Å². The maximum atomic E-state index is 12.8. The minimum Gasteiger partial charge on any atom is -0.250 e. The van der Waals surface area contributed by atoms with Crippen LogP contribution in [-0.4, -0.2) is 6.18 Å². The minimum atomic E-state index is -4.59. The second kappa shape index (κ2) is 4.39. The summed E-state index contributed by atoms with van der Waals surface area (Å²) in [7, 11) is 0. The van der Waals surface area contributed by atoms with Crippen LogP contribution in [0, 0.1) is 11.3 Å². The zero-order valence-corrected chi connectivity index (χ0v) is 9.55. The Labute approximate surface area is 106 Å². The number of nitriles is 1. The molecule has 0 spiro atoms. The van der Waals surface area contributed by atoms with Crippen molar-refractivity contribution >= 4 is 17.2 Å². The van der Waals surface area contributed by atoms with Crippen LogP contribution >= 0.6 is 11.6 Å². The lowest BCUT2D eigenvalue weighted by molar-refractivity contribution is -0.0947. The Balaban J connectivity index is 2.58. The molecule has 1 heterocycles. The van der Waals surface area contributed by atoms with Crippen LogP contribution in [0.25, 0.3) is 5.57 Å². The highest BCUT2D eigenvalue weighted by atomic mass is 35.5. The Morgan fingerprint density at radius 2 is 1.78 bits per heavy atom. The van der Waals surface area contributed by atoms with Gasteiger partial charge in [0.1, 0.15) is 6.07 Å². The van der Waals surface area contributed by atoms with Crippen LogP contribution in [0.1, 0.15) is 5.56 Å². The molecule has 1 aliphatic heterocycles. The van der Waals surface area contributed by atoms with Crippen LogP contribution < -0.4 is 5.32 Å². The van der Waals surface area contributed by atoms with E-state index >= 15 is 0 Å². The number of rotatable bonds is 1. The van der Waals surface area contributed by atoms with Gasteiger partial charge in [0.15, 0.2) is 5.70 Å². The van der Waals surface area contributed by atoms with Crippen molar-refractivity contribution in [2.24, 2.45) is 0 Å². The van der Waals surface area contributed by atoms with E-state index in [0.717, 1.165) is 6.20 Å². The number of halogens is 4. The molecule has 1 radical (unpaired) electrons. The van der Waals surface area contributed by atoms with Gasteiger partial charge in [0, 0.05) is 16.8 Å². The van der Waals surface area contributed by atoms with E-state index < -0.39 is 11.9 Å². The Morgan fingerprint density at radius 1 is 1.17 bits per heavy atom. The van der Waals surface area contributed by atoms with Crippen molar-refractivity contribution in [3.63, 3.8) is 0 Å². The minimum absolute atomic E-state index is 0.107. The van der Waals surface area contributed by atoms with Gasteiger partial charge >= 0.3 is 6.18 Å².